The molecule has 13 heavy (non-hydrogen) atoms. The molecule has 4 nitrogen and oxygen atoms in total. The van der Waals surface area contributed by atoms with Gasteiger partial charge in [-0.05, 0) is 31.1 Å². The third-order valence-corrected chi connectivity index (χ3v) is 3.23. The zero-order valence-electron chi connectivity index (χ0n) is 7.14. The van der Waals surface area contributed by atoms with Crippen LogP contribution in [0.4, 0.5) is 0 Å². The van der Waals surface area contributed by atoms with Crippen LogP contribution in [0.25, 0.3) is 0 Å². The summed E-state index contributed by atoms with van der Waals surface area (Å²) in [6.45, 7) is 0. The van der Waals surface area contributed by atoms with Crippen molar-refractivity contribution < 1.29 is 9.59 Å². The molecule has 0 radical (unpaired) electrons. The topological polar surface area (TPSA) is 58.9 Å². The van der Waals surface area contributed by atoms with Gasteiger partial charge in [0.25, 0.3) is 0 Å². The molecule has 4 heteroatoms. The Bertz CT molecular complexity index is 273. The first kappa shape index (κ1) is 8.36. The Kier molecular flexibility index (Phi) is 2.09. The van der Waals surface area contributed by atoms with Crippen molar-refractivity contribution in [1.82, 2.24) is 0 Å². The molecule has 2 saturated carbocycles. The summed E-state index contributed by atoms with van der Waals surface area (Å²) in [5.41, 5.74) is 0. The third-order valence-electron chi connectivity index (χ3n) is 3.23. The van der Waals surface area contributed by atoms with Crippen molar-refractivity contribution in [1.29, 1.82) is 0 Å². The smallest absolute Gasteiger partial charge is 0.211 e. The summed E-state index contributed by atoms with van der Waals surface area (Å²) in [6, 6.07) is -0.199. The van der Waals surface area contributed by atoms with Crippen molar-refractivity contribution in [2.24, 2.45) is 21.8 Å². The summed E-state index contributed by atoms with van der Waals surface area (Å²) in [5, 5.41) is 0. The monoisotopic (exact) mass is 178 g/mol. The summed E-state index contributed by atoms with van der Waals surface area (Å²) in [4.78, 5) is 27.8. The van der Waals surface area contributed by atoms with Gasteiger partial charge in [-0.2, -0.15) is 9.98 Å². The molecule has 4 atom stereocenters. The van der Waals surface area contributed by atoms with E-state index in [9.17, 15) is 9.59 Å². The van der Waals surface area contributed by atoms with Gasteiger partial charge in [0.1, 0.15) is 0 Å². The number of hydrogen-bond donors (Lipinski definition) is 0. The number of carbonyl (C=O) groups excluding carboxylic acids is 2. The Morgan fingerprint density at radius 3 is 1.77 bits per heavy atom. The van der Waals surface area contributed by atoms with Crippen LogP contribution in [-0.2, 0) is 9.59 Å². The number of rotatable bonds is 2. The number of fused-ring (bicyclic) bond motifs is 2. The number of hydrogen-bond acceptors (Lipinski definition) is 4. The average molecular weight is 178 g/mol. The van der Waals surface area contributed by atoms with Gasteiger partial charge in [-0.3, -0.25) is 0 Å². The predicted molar refractivity (Wildman–Crippen MR) is 44.7 cm³/mol. The van der Waals surface area contributed by atoms with Gasteiger partial charge in [0.15, 0.2) is 0 Å². The predicted octanol–water partition coefficient (Wildman–Crippen LogP) is 0.825. The minimum absolute atomic E-state index is 0.0994. The molecule has 0 saturated heterocycles. The molecular weight excluding hydrogens is 168 g/mol. The second-order valence-corrected chi connectivity index (χ2v) is 3.76. The molecule has 0 N–H and O–H groups in total. The van der Waals surface area contributed by atoms with Crippen LogP contribution in [0.3, 0.4) is 0 Å². The third kappa shape index (κ3) is 1.24. The molecule has 2 bridgehead atoms. The Labute approximate surface area is 75.8 Å². The molecule has 0 aromatic heterocycles. The van der Waals surface area contributed by atoms with Gasteiger partial charge >= 0.3 is 0 Å². The van der Waals surface area contributed by atoms with Crippen LogP contribution >= 0.6 is 0 Å². The van der Waals surface area contributed by atoms with Gasteiger partial charge in [-0.15, -0.1) is 0 Å². The fraction of sp³-hybridized carbons (Fsp3) is 0.778. The molecule has 68 valence electrons. The lowest BCUT2D eigenvalue weighted by Gasteiger charge is -2.21. The van der Waals surface area contributed by atoms with Crippen LogP contribution < -0.4 is 0 Å². The Balaban J connectivity index is 2.23. The van der Waals surface area contributed by atoms with Crippen molar-refractivity contribution in [3.05, 3.63) is 0 Å². The Morgan fingerprint density at radius 2 is 1.38 bits per heavy atom. The van der Waals surface area contributed by atoms with Crippen LogP contribution in [-0.4, -0.2) is 24.2 Å². The molecule has 2 rings (SSSR count). The lowest BCUT2D eigenvalue weighted by Crippen LogP contribution is -2.29. The van der Waals surface area contributed by atoms with Crippen molar-refractivity contribution in [2.75, 3.05) is 0 Å². The molecule has 0 aromatic carbocycles. The maximum Gasteiger partial charge on any atom is 0.235 e. The number of aliphatic imine (C=N–C) groups is 2. The van der Waals surface area contributed by atoms with E-state index in [1.165, 1.54) is 0 Å². The quantitative estimate of drug-likeness (QED) is 0.464. The van der Waals surface area contributed by atoms with Crippen LogP contribution in [0.2, 0.25) is 0 Å². The zero-order chi connectivity index (χ0) is 9.26. The molecule has 2 aliphatic rings. The molecule has 0 aliphatic heterocycles. The largest absolute Gasteiger partial charge is 0.235 e. The van der Waals surface area contributed by atoms with E-state index < -0.39 is 0 Å². The highest BCUT2D eigenvalue weighted by Gasteiger charge is 2.48. The van der Waals surface area contributed by atoms with E-state index in [1.54, 1.807) is 12.2 Å². The van der Waals surface area contributed by atoms with Crippen molar-refractivity contribution in [3.63, 3.8) is 0 Å². The summed E-state index contributed by atoms with van der Waals surface area (Å²) in [5.74, 6) is 0.877. The highest BCUT2D eigenvalue weighted by atomic mass is 16.1. The maximum atomic E-state index is 10.2. The first-order valence-electron chi connectivity index (χ1n) is 4.50. The Hall–Kier alpha value is -1.24. The van der Waals surface area contributed by atoms with Gasteiger partial charge in [0.2, 0.25) is 12.2 Å². The van der Waals surface area contributed by atoms with Crippen molar-refractivity contribution in [2.45, 2.75) is 31.3 Å². The van der Waals surface area contributed by atoms with Crippen molar-refractivity contribution >= 4 is 12.2 Å². The first-order valence-corrected chi connectivity index (χ1v) is 4.50. The minimum atomic E-state index is -0.0994. The van der Waals surface area contributed by atoms with E-state index in [1.807, 2.05) is 0 Å². The van der Waals surface area contributed by atoms with E-state index in [-0.39, 0.29) is 12.1 Å². The van der Waals surface area contributed by atoms with E-state index in [0.717, 1.165) is 19.3 Å². The van der Waals surface area contributed by atoms with E-state index in [0.29, 0.717) is 11.8 Å². The molecule has 0 heterocycles. The second kappa shape index (κ2) is 3.25. The fourth-order valence-electron chi connectivity index (χ4n) is 2.72. The average Bonchev–Trinajstić information content (AvgIpc) is 2.69. The Morgan fingerprint density at radius 1 is 0.923 bits per heavy atom. The summed E-state index contributed by atoms with van der Waals surface area (Å²) in [6.07, 6.45) is 6.39. The van der Waals surface area contributed by atoms with Crippen LogP contribution in [0.15, 0.2) is 9.98 Å². The van der Waals surface area contributed by atoms with Crippen LogP contribution in [0, 0.1) is 11.8 Å². The molecule has 0 spiro atoms. The molecule has 0 amide bonds. The summed E-state index contributed by atoms with van der Waals surface area (Å²) < 4.78 is 0. The molecule has 4 unspecified atom stereocenters. The first-order chi connectivity index (χ1) is 6.36. The zero-order valence-corrected chi connectivity index (χ0v) is 7.14. The highest BCUT2D eigenvalue weighted by Crippen LogP contribution is 2.47. The van der Waals surface area contributed by atoms with E-state index in [4.69, 9.17) is 0 Å². The number of nitrogens with zero attached hydrogens (tertiary/aromatic N) is 2. The molecule has 2 fully saturated rings. The molecular formula is C9H10N2O2. The highest BCUT2D eigenvalue weighted by molar-refractivity contribution is 5.37. The number of isocyanates is 2. The minimum Gasteiger partial charge on any atom is -0.211 e. The van der Waals surface area contributed by atoms with E-state index >= 15 is 0 Å². The SMILES string of the molecule is O=C=NC1C2CCC(C2)C1N=C=O. The van der Waals surface area contributed by atoms with Gasteiger partial charge < -0.3 is 0 Å². The summed E-state index contributed by atoms with van der Waals surface area (Å²) >= 11 is 0. The van der Waals surface area contributed by atoms with Gasteiger partial charge in [0.05, 0.1) is 12.1 Å². The second-order valence-electron chi connectivity index (χ2n) is 3.76. The van der Waals surface area contributed by atoms with Gasteiger partial charge in [-0.25, -0.2) is 9.59 Å². The molecule has 2 aliphatic carbocycles. The summed E-state index contributed by atoms with van der Waals surface area (Å²) in [7, 11) is 0. The maximum absolute atomic E-state index is 10.2. The molecule has 0 aromatic rings. The van der Waals surface area contributed by atoms with Gasteiger partial charge in [0, 0.05) is 0 Å². The van der Waals surface area contributed by atoms with Crippen LogP contribution in [0.1, 0.15) is 19.3 Å². The van der Waals surface area contributed by atoms with Crippen molar-refractivity contribution in [3.8, 4) is 0 Å². The van der Waals surface area contributed by atoms with Crippen LogP contribution in [0.5, 0.6) is 0 Å². The fourth-order valence-corrected chi connectivity index (χ4v) is 2.72. The van der Waals surface area contributed by atoms with E-state index in [2.05, 4.69) is 9.98 Å². The lowest BCUT2D eigenvalue weighted by atomic mass is 9.91. The standard InChI is InChI=1S/C9H10N2O2/c12-4-10-8-6-1-2-7(3-6)9(8)11-5-13/h6-9H,1-3H2. The lowest BCUT2D eigenvalue weighted by molar-refractivity contribution is 0.366. The van der Waals surface area contributed by atoms with Gasteiger partial charge in [-0.1, -0.05) is 0 Å². The normalized spacial score (nSPS) is 40.9.